The van der Waals surface area contributed by atoms with Gasteiger partial charge >= 0.3 is 5.97 Å². The molecule has 0 aliphatic carbocycles. The average Bonchev–Trinajstić information content (AvgIpc) is 3.18. The Bertz CT molecular complexity index is 673. The highest BCUT2D eigenvalue weighted by Gasteiger charge is 2.08. The van der Waals surface area contributed by atoms with E-state index in [1.165, 1.54) is 6.20 Å². The molecule has 0 atom stereocenters. The van der Waals surface area contributed by atoms with Gasteiger partial charge in [-0.05, 0) is 29.8 Å². The van der Waals surface area contributed by atoms with Gasteiger partial charge < -0.3 is 4.74 Å². The minimum absolute atomic E-state index is 0.219. The predicted octanol–water partition coefficient (Wildman–Crippen LogP) is 1.95. The van der Waals surface area contributed by atoms with Crippen molar-refractivity contribution in [2.45, 2.75) is 6.61 Å². The van der Waals surface area contributed by atoms with Crippen LogP contribution in [0.4, 0.5) is 0 Å². The van der Waals surface area contributed by atoms with Gasteiger partial charge in [-0.15, -0.1) is 0 Å². The van der Waals surface area contributed by atoms with Crippen molar-refractivity contribution < 1.29 is 9.53 Å². The van der Waals surface area contributed by atoms with Crippen molar-refractivity contribution >= 4 is 5.97 Å². The van der Waals surface area contributed by atoms with E-state index < -0.39 is 5.97 Å². The molecule has 2 aromatic heterocycles. The van der Waals surface area contributed by atoms with Gasteiger partial charge in [0.25, 0.3) is 0 Å². The number of carbonyl (C=O) groups excluding carboxylic acids is 1. The van der Waals surface area contributed by atoms with E-state index in [1.807, 2.05) is 36.5 Å². The number of aromatic nitrogens is 4. The van der Waals surface area contributed by atoms with Crippen molar-refractivity contribution in [3.05, 3.63) is 66.2 Å². The topological polar surface area (TPSA) is 72.8 Å². The lowest BCUT2D eigenvalue weighted by atomic mass is 10.2. The second kappa shape index (κ2) is 5.40. The van der Waals surface area contributed by atoms with Gasteiger partial charge in [-0.25, -0.2) is 9.48 Å². The van der Waals surface area contributed by atoms with Crippen LogP contribution in [0.5, 0.6) is 0 Å². The first-order valence-corrected chi connectivity index (χ1v) is 6.08. The molecule has 0 saturated carbocycles. The maximum absolute atomic E-state index is 11.6. The fourth-order valence-electron chi connectivity index (χ4n) is 1.76. The Labute approximate surface area is 115 Å². The Balaban J connectivity index is 1.63. The molecule has 1 N–H and O–H groups in total. The normalized spacial score (nSPS) is 10.4. The quantitative estimate of drug-likeness (QED) is 0.734. The van der Waals surface area contributed by atoms with Crippen molar-refractivity contribution in [2.24, 2.45) is 0 Å². The lowest BCUT2D eigenvalue weighted by molar-refractivity contribution is 0.0465. The summed E-state index contributed by atoms with van der Waals surface area (Å²) in [5, 5.41) is 10.4. The fraction of sp³-hybridized carbons (Fsp3) is 0.0714. The molecule has 0 radical (unpaired) electrons. The Morgan fingerprint density at radius 1 is 1.20 bits per heavy atom. The molecular weight excluding hydrogens is 256 g/mol. The number of hydrogen-bond acceptors (Lipinski definition) is 4. The maximum atomic E-state index is 11.6. The number of nitrogens with zero attached hydrogens (tertiary/aromatic N) is 3. The second-order valence-corrected chi connectivity index (χ2v) is 4.16. The third-order valence-electron chi connectivity index (χ3n) is 2.80. The fourth-order valence-corrected chi connectivity index (χ4v) is 1.76. The minimum Gasteiger partial charge on any atom is -0.456 e. The van der Waals surface area contributed by atoms with E-state index in [2.05, 4.69) is 15.3 Å². The van der Waals surface area contributed by atoms with E-state index in [4.69, 9.17) is 4.74 Å². The summed E-state index contributed by atoms with van der Waals surface area (Å²) < 4.78 is 6.93. The Kier molecular flexibility index (Phi) is 3.28. The number of carbonyl (C=O) groups is 1. The maximum Gasteiger partial charge on any atom is 0.356 e. The van der Waals surface area contributed by atoms with Crippen LogP contribution >= 0.6 is 0 Å². The summed E-state index contributed by atoms with van der Waals surface area (Å²) in [5.74, 6) is -0.418. The molecule has 0 unspecified atom stereocenters. The largest absolute Gasteiger partial charge is 0.456 e. The molecule has 1 aromatic carbocycles. The molecule has 20 heavy (non-hydrogen) atoms. The van der Waals surface area contributed by atoms with Gasteiger partial charge in [0, 0.05) is 18.6 Å². The van der Waals surface area contributed by atoms with Gasteiger partial charge in [0.15, 0.2) is 0 Å². The van der Waals surface area contributed by atoms with Crippen molar-refractivity contribution in [3.63, 3.8) is 0 Å². The highest BCUT2D eigenvalue weighted by Crippen LogP contribution is 2.10. The highest BCUT2D eigenvalue weighted by molar-refractivity contribution is 5.86. The standard InChI is InChI=1S/C14H12N4O2/c19-14(13-6-8-15-17-13)20-10-11-2-4-12(5-3-11)18-9-1-7-16-18/h1-9H,10H2,(H,15,17). The summed E-state index contributed by atoms with van der Waals surface area (Å²) >= 11 is 0. The van der Waals surface area contributed by atoms with Gasteiger partial charge in [-0.3, -0.25) is 5.10 Å². The molecule has 0 amide bonds. The molecule has 0 bridgehead atoms. The van der Waals surface area contributed by atoms with Crippen molar-refractivity contribution in [3.8, 4) is 5.69 Å². The summed E-state index contributed by atoms with van der Waals surface area (Å²) in [7, 11) is 0. The number of esters is 1. The molecular formula is C14H12N4O2. The summed E-state index contributed by atoms with van der Waals surface area (Å²) in [6.07, 6.45) is 5.10. The number of aromatic amines is 1. The number of hydrogen-bond donors (Lipinski definition) is 1. The number of H-pyrrole nitrogens is 1. The van der Waals surface area contributed by atoms with Crippen LogP contribution in [-0.2, 0) is 11.3 Å². The monoisotopic (exact) mass is 268 g/mol. The van der Waals surface area contributed by atoms with Crippen LogP contribution in [0.15, 0.2) is 55.0 Å². The number of benzene rings is 1. The third-order valence-corrected chi connectivity index (χ3v) is 2.80. The number of rotatable bonds is 4. The molecule has 2 heterocycles. The van der Waals surface area contributed by atoms with Gasteiger partial charge in [0.2, 0.25) is 0 Å². The summed E-state index contributed by atoms with van der Waals surface area (Å²) in [5.41, 5.74) is 2.21. The highest BCUT2D eigenvalue weighted by atomic mass is 16.5. The first-order chi connectivity index (χ1) is 9.83. The van der Waals surface area contributed by atoms with Crippen LogP contribution in [0.3, 0.4) is 0 Å². The molecule has 0 spiro atoms. The summed E-state index contributed by atoms with van der Waals surface area (Å²) in [6.45, 7) is 0.219. The van der Waals surface area contributed by atoms with Crippen LogP contribution < -0.4 is 0 Å². The van der Waals surface area contributed by atoms with Gasteiger partial charge in [0.1, 0.15) is 12.3 Å². The Hall–Kier alpha value is -2.89. The smallest absolute Gasteiger partial charge is 0.356 e. The minimum atomic E-state index is -0.418. The first kappa shape index (κ1) is 12.2. The zero-order chi connectivity index (χ0) is 13.8. The number of nitrogens with one attached hydrogen (secondary N) is 1. The van der Waals surface area contributed by atoms with Crippen LogP contribution in [0, 0.1) is 0 Å². The zero-order valence-corrected chi connectivity index (χ0v) is 10.6. The van der Waals surface area contributed by atoms with Gasteiger partial charge in [0.05, 0.1) is 5.69 Å². The van der Waals surface area contributed by atoms with Crippen LogP contribution in [0.2, 0.25) is 0 Å². The van der Waals surface area contributed by atoms with E-state index >= 15 is 0 Å². The van der Waals surface area contributed by atoms with Crippen LogP contribution in [0.25, 0.3) is 5.69 Å². The predicted molar refractivity (Wildman–Crippen MR) is 71.3 cm³/mol. The summed E-state index contributed by atoms with van der Waals surface area (Å²) in [4.78, 5) is 11.6. The molecule has 0 aliphatic heterocycles. The molecule has 0 aliphatic rings. The van der Waals surface area contributed by atoms with Crippen molar-refractivity contribution in [1.82, 2.24) is 20.0 Å². The third kappa shape index (κ3) is 2.59. The molecule has 0 saturated heterocycles. The molecule has 100 valence electrons. The van der Waals surface area contributed by atoms with Crippen LogP contribution in [-0.4, -0.2) is 25.9 Å². The lowest BCUT2D eigenvalue weighted by Crippen LogP contribution is -2.05. The van der Waals surface area contributed by atoms with E-state index in [0.717, 1.165) is 11.3 Å². The molecule has 6 nitrogen and oxygen atoms in total. The van der Waals surface area contributed by atoms with Crippen molar-refractivity contribution in [1.29, 1.82) is 0 Å². The second-order valence-electron chi connectivity index (χ2n) is 4.16. The summed E-state index contributed by atoms with van der Waals surface area (Å²) in [6, 6.07) is 11.1. The molecule has 6 heteroatoms. The zero-order valence-electron chi connectivity index (χ0n) is 10.6. The number of ether oxygens (including phenoxy) is 1. The van der Waals surface area contributed by atoms with Crippen molar-refractivity contribution in [2.75, 3.05) is 0 Å². The lowest BCUT2D eigenvalue weighted by Gasteiger charge is -2.05. The molecule has 3 rings (SSSR count). The van der Waals surface area contributed by atoms with Gasteiger partial charge in [-0.2, -0.15) is 10.2 Å². The van der Waals surface area contributed by atoms with Gasteiger partial charge in [-0.1, -0.05) is 12.1 Å². The molecule has 0 fully saturated rings. The van der Waals surface area contributed by atoms with E-state index in [0.29, 0.717) is 5.69 Å². The first-order valence-electron chi connectivity index (χ1n) is 6.08. The SMILES string of the molecule is O=C(OCc1ccc(-n2cccn2)cc1)c1ccn[nH]1. The van der Waals surface area contributed by atoms with Crippen LogP contribution in [0.1, 0.15) is 16.1 Å². The Morgan fingerprint density at radius 2 is 2.05 bits per heavy atom. The van der Waals surface area contributed by atoms with E-state index in [1.54, 1.807) is 16.9 Å². The van der Waals surface area contributed by atoms with E-state index in [-0.39, 0.29) is 6.61 Å². The Morgan fingerprint density at radius 3 is 2.70 bits per heavy atom. The average molecular weight is 268 g/mol. The van der Waals surface area contributed by atoms with E-state index in [9.17, 15) is 4.79 Å². The molecule has 3 aromatic rings.